The van der Waals surface area contributed by atoms with Crippen LogP contribution in [0.25, 0.3) is 0 Å². The predicted octanol–water partition coefficient (Wildman–Crippen LogP) is 3.27. The summed E-state index contributed by atoms with van der Waals surface area (Å²) < 4.78 is 36.1. The second-order valence-corrected chi connectivity index (χ2v) is 5.74. The lowest BCUT2D eigenvalue weighted by atomic mass is 9.92. The van der Waals surface area contributed by atoms with Crippen molar-refractivity contribution in [3.8, 4) is 5.75 Å². The van der Waals surface area contributed by atoms with Gasteiger partial charge in [-0.2, -0.15) is 0 Å². The molecular weight excluding hydrogens is 294 g/mol. The number of hydrogen-bond donors (Lipinski definition) is 1. The van der Waals surface area contributed by atoms with Gasteiger partial charge in [-0.1, -0.05) is 25.9 Å². The van der Waals surface area contributed by atoms with E-state index in [0.29, 0.717) is 11.8 Å². The maximum absolute atomic E-state index is 13.3. The topological polar surface area (TPSA) is 64.4 Å². The monoisotopic (exact) mass is 310 g/mol. The van der Waals surface area contributed by atoms with Gasteiger partial charge in [0, 0.05) is 17.5 Å². The predicted molar refractivity (Wildman–Crippen MR) is 75.7 cm³/mol. The molecule has 0 unspecified atom stereocenters. The molecule has 0 saturated heterocycles. The molecule has 0 aliphatic carbocycles. The lowest BCUT2D eigenvalue weighted by molar-refractivity contribution is -0.118. The lowest BCUT2D eigenvalue weighted by Crippen LogP contribution is -2.20. The van der Waals surface area contributed by atoms with Crippen LogP contribution in [0.3, 0.4) is 0 Å². The standard InChI is InChI=1S/C15H16F2N2O3/c1-15(2,3)12-7-14(22-19-12)18-13(20)8-21-11-5-4-9(16)6-10(11)17/h4-7H,8H2,1-3H3,(H,18,20). The fraction of sp³-hybridized carbons (Fsp3) is 0.333. The Morgan fingerprint density at radius 3 is 2.64 bits per heavy atom. The highest BCUT2D eigenvalue weighted by atomic mass is 19.1. The fourth-order valence-corrected chi connectivity index (χ4v) is 1.60. The van der Waals surface area contributed by atoms with Gasteiger partial charge >= 0.3 is 0 Å². The van der Waals surface area contributed by atoms with Crippen LogP contribution in [0.15, 0.2) is 28.8 Å². The van der Waals surface area contributed by atoms with Crippen LogP contribution in [-0.2, 0) is 10.2 Å². The van der Waals surface area contributed by atoms with Gasteiger partial charge in [0.05, 0.1) is 5.69 Å². The Morgan fingerprint density at radius 1 is 1.32 bits per heavy atom. The van der Waals surface area contributed by atoms with E-state index >= 15 is 0 Å². The number of anilines is 1. The Kier molecular flexibility index (Phi) is 4.44. The summed E-state index contributed by atoms with van der Waals surface area (Å²) in [6.07, 6.45) is 0. The molecule has 0 bridgehead atoms. The van der Waals surface area contributed by atoms with Gasteiger partial charge in [0.1, 0.15) is 5.82 Å². The number of aromatic nitrogens is 1. The van der Waals surface area contributed by atoms with Crippen molar-refractivity contribution in [3.63, 3.8) is 0 Å². The number of benzene rings is 1. The van der Waals surface area contributed by atoms with E-state index in [2.05, 4.69) is 10.5 Å². The van der Waals surface area contributed by atoms with Crippen molar-refractivity contribution in [1.82, 2.24) is 5.16 Å². The lowest BCUT2D eigenvalue weighted by Gasteiger charge is -2.12. The largest absolute Gasteiger partial charge is 0.481 e. The molecule has 2 rings (SSSR count). The van der Waals surface area contributed by atoms with Gasteiger partial charge in [-0.3, -0.25) is 10.1 Å². The molecule has 0 atom stereocenters. The Bertz CT molecular complexity index is 678. The van der Waals surface area contributed by atoms with Crippen LogP contribution >= 0.6 is 0 Å². The molecule has 5 nitrogen and oxygen atoms in total. The van der Waals surface area contributed by atoms with Crippen molar-refractivity contribution in [2.45, 2.75) is 26.2 Å². The van der Waals surface area contributed by atoms with Crippen LogP contribution in [0.2, 0.25) is 0 Å². The summed E-state index contributed by atoms with van der Waals surface area (Å²) in [6.45, 7) is 5.43. The number of halogens is 2. The summed E-state index contributed by atoms with van der Waals surface area (Å²) in [7, 11) is 0. The molecule has 0 aliphatic heterocycles. The van der Waals surface area contributed by atoms with Crippen molar-refractivity contribution in [1.29, 1.82) is 0 Å². The zero-order valence-corrected chi connectivity index (χ0v) is 12.4. The number of rotatable bonds is 4. The minimum absolute atomic E-state index is 0.179. The van der Waals surface area contributed by atoms with Crippen molar-refractivity contribution in [2.75, 3.05) is 11.9 Å². The normalized spacial score (nSPS) is 11.3. The Labute approximate surface area is 126 Å². The summed E-state index contributed by atoms with van der Waals surface area (Å²) in [6, 6.07) is 4.45. The van der Waals surface area contributed by atoms with E-state index in [1.807, 2.05) is 20.8 Å². The van der Waals surface area contributed by atoms with Gasteiger partial charge in [0.15, 0.2) is 18.2 Å². The Morgan fingerprint density at radius 2 is 2.05 bits per heavy atom. The molecule has 22 heavy (non-hydrogen) atoms. The van der Waals surface area contributed by atoms with E-state index in [-0.39, 0.29) is 17.0 Å². The minimum Gasteiger partial charge on any atom is -0.481 e. The summed E-state index contributed by atoms with van der Waals surface area (Å²) >= 11 is 0. The molecule has 1 amide bonds. The van der Waals surface area contributed by atoms with Crippen LogP contribution in [0, 0.1) is 11.6 Å². The number of carbonyl (C=O) groups is 1. The number of ether oxygens (including phenoxy) is 1. The first-order valence-corrected chi connectivity index (χ1v) is 6.60. The maximum atomic E-state index is 13.3. The number of amides is 1. The highest BCUT2D eigenvalue weighted by Crippen LogP contribution is 2.23. The second kappa shape index (κ2) is 6.13. The zero-order chi connectivity index (χ0) is 16.3. The molecule has 7 heteroatoms. The first-order valence-electron chi connectivity index (χ1n) is 6.60. The van der Waals surface area contributed by atoms with Gasteiger partial charge in [0.2, 0.25) is 5.88 Å². The van der Waals surface area contributed by atoms with Crippen LogP contribution < -0.4 is 10.1 Å². The zero-order valence-electron chi connectivity index (χ0n) is 12.4. The number of nitrogens with one attached hydrogen (secondary N) is 1. The molecule has 1 N–H and O–H groups in total. The summed E-state index contributed by atoms with van der Waals surface area (Å²) in [4.78, 5) is 11.7. The molecule has 1 heterocycles. The van der Waals surface area contributed by atoms with Gasteiger partial charge in [0.25, 0.3) is 5.91 Å². The number of nitrogens with zero attached hydrogens (tertiary/aromatic N) is 1. The first-order chi connectivity index (χ1) is 10.3. The highest BCUT2D eigenvalue weighted by molar-refractivity contribution is 5.90. The molecule has 2 aromatic rings. The van der Waals surface area contributed by atoms with Gasteiger partial charge in [-0.25, -0.2) is 8.78 Å². The molecule has 1 aromatic carbocycles. The molecular formula is C15H16F2N2O3. The Hall–Kier alpha value is -2.44. The molecule has 0 radical (unpaired) electrons. The fourth-order valence-electron chi connectivity index (χ4n) is 1.60. The van der Waals surface area contributed by atoms with E-state index in [0.717, 1.165) is 12.1 Å². The third-order valence-corrected chi connectivity index (χ3v) is 2.79. The third-order valence-electron chi connectivity index (χ3n) is 2.79. The Balaban J connectivity index is 1.92. The van der Waals surface area contributed by atoms with E-state index in [1.54, 1.807) is 6.07 Å². The molecule has 0 aliphatic rings. The van der Waals surface area contributed by atoms with E-state index < -0.39 is 24.1 Å². The maximum Gasteiger partial charge on any atom is 0.264 e. The molecule has 118 valence electrons. The highest BCUT2D eigenvalue weighted by Gasteiger charge is 2.19. The van der Waals surface area contributed by atoms with E-state index in [1.165, 1.54) is 0 Å². The quantitative estimate of drug-likeness (QED) is 0.941. The molecule has 1 aromatic heterocycles. The van der Waals surface area contributed by atoms with E-state index in [4.69, 9.17) is 9.26 Å². The third kappa shape index (κ3) is 4.03. The van der Waals surface area contributed by atoms with Gasteiger partial charge in [-0.15, -0.1) is 0 Å². The number of hydrogen-bond acceptors (Lipinski definition) is 4. The van der Waals surface area contributed by atoms with Crippen LogP contribution in [0.5, 0.6) is 5.75 Å². The van der Waals surface area contributed by atoms with Crippen molar-refractivity contribution in [2.24, 2.45) is 0 Å². The first kappa shape index (κ1) is 15.9. The van der Waals surface area contributed by atoms with Crippen molar-refractivity contribution < 1.29 is 22.8 Å². The average Bonchev–Trinajstić information content (AvgIpc) is 2.86. The molecule has 0 fully saturated rings. The van der Waals surface area contributed by atoms with Crippen LogP contribution in [0.1, 0.15) is 26.5 Å². The van der Waals surface area contributed by atoms with E-state index in [9.17, 15) is 13.6 Å². The SMILES string of the molecule is CC(C)(C)c1cc(NC(=O)COc2ccc(F)cc2F)on1. The molecule has 0 saturated carbocycles. The van der Waals surface area contributed by atoms with Gasteiger partial charge < -0.3 is 9.26 Å². The van der Waals surface area contributed by atoms with Crippen LogP contribution in [-0.4, -0.2) is 17.7 Å². The average molecular weight is 310 g/mol. The van der Waals surface area contributed by atoms with Gasteiger partial charge in [-0.05, 0) is 12.1 Å². The van der Waals surface area contributed by atoms with Crippen LogP contribution in [0.4, 0.5) is 14.7 Å². The summed E-state index contributed by atoms with van der Waals surface area (Å²) in [5.74, 6) is -2.16. The number of carbonyl (C=O) groups excluding carboxylic acids is 1. The van der Waals surface area contributed by atoms with Crippen molar-refractivity contribution in [3.05, 3.63) is 41.6 Å². The molecule has 0 spiro atoms. The second-order valence-electron chi connectivity index (χ2n) is 5.74. The summed E-state index contributed by atoms with van der Waals surface area (Å²) in [5.41, 5.74) is 0.480. The smallest absolute Gasteiger partial charge is 0.264 e. The minimum atomic E-state index is -0.873. The summed E-state index contributed by atoms with van der Waals surface area (Å²) in [5, 5.41) is 6.30. The van der Waals surface area contributed by atoms with Crippen molar-refractivity contribution >= 4 is 11.8 Å².